The van der Waals surface area contributed by atoms with Crippen molar-refractivity contribution in [1.29, 1.82) is 0 Å². The Balaban J connectivity index is 0.000000202. The highest BCUT2D eigenvalue weighted by Gasteiger charge is 2.28. The van der Waals surface area contributed by atoms with Gasteiger partial charge in [-0.15, -0.1) is 0 Å². The summed E-state index contributed by atoms with van der Waals surface area (Å²) in [4.78, 5) is 10.7. The highest BCUT2D eigenvalue weighted by atomic mass is 16.5. The number of carboxylic acids is 1. The number of nitrogens with one attached hydrogen (secondary N) is 1. The number of hydrogen-bond donors (Lipinski definition) is 3. The fourth-order valence-corrected chi connectivity index (χ4v) is 3.89. The molecule has 1 aromatic rings. The Kier molecular flexibility index (Phi) is 9.96. The van der Waals surface area contributed by atoms with Gasteiger partial charge in [-0.1, -0.05) is 68.9 Å². The van der Waals surface area contributed by atoms with Gasteiger partial charge in [-0.3, -0.25) is 4.79 Å². The zero-order chi connectivity index (χ0) is 20.2. The van der Waals surface area contributed by atoms with Crippen LogP contribution in [0.5, 0.6) is 0 Å². The van der Waals surface area contributed by atoms with E-state index in [1.165, 1.54) is 71.1 Å². The first kappa shape index (κ1) is 22.9. The summed E-state index contributed by atoms with van der Waals surface area (Å²) >= 11 is 0. The second-order valence-corrected chi connectivity index (χ2v) is 8.54. The number of aliphatic carboxylic acids is 1. The van der Waals surface area contributed by atoms with E-state index in [9.17, 15) is 4.79 Å². The molecule has 2 aliphatic carbocycles. The Morgan fingerprint density at radius 2 is 1.54 bits per heavy atom. The summed E-state index contributed by atoms with van der Waals surface area (Å²) in [6, 6.07) is 11.3. The zero-order valence-electron chi connectivity index (χ0n) is 17.4. The Labute approximate surface area is 170 Å². The van der Waals surface area contributed by atoms with Gasteiger partial charge in [0.2, 0.25) is 0 Å². The number of rotatable bonds is 7. The van der Waals surface area contributed by atoms with Gasteiger partial charge in [-0.25, -0.2) is 0 Å². The Morgan fingerprint density at radius 3 is 2.00 bits per heavy atom. The highest BCUT2D eigenvalue weighted by molar-refractivity contribution is 5.77. The Hall–Kier alpha value is -1.43. The molecule has 0 heterocycles. The third-order valence-corrected chi connectivity index (χ3v) is 5.68. The van der Waals surface area contributed by atoms with Crippen LogP contribution in [0.3, 0.4) is 0 Å². The molecule has 28 heavy (non-hydrogen) atoms. The van der Waals surface area contributed by atoms with Crippen LogP contribution in [0.4, 0.5) is 0 Å². The average molecular weight is 391 g/mol. The monoisotopic (exact) mass is 390 g/mol. The van der Waals surface area contributed by atoms with Crippen molar-refractivity contribution >= 4 is 5.97 Å². The lowest BCUT2D eigenvalue weighted by atomic mass is 9.91. The van der Waals surface area contributed by atoms with Crippen LogP contribution < -0.4 is 11.1 Å². The molecule has 5 heteroatoms. The molecule has 0 aliphatic heterocycles. The second kappa shape index (κ2) is 12.2. The summed E-state index contributed by atoms with van der Waals surface area (Å²) < 4.78 is 5.24. The molecule has 2 saturated carbocycles. The zero-order valence-corrected chi connectivity index (χ0v) is 17.4. The van der Waals surface area contributed by atoms with Crippen LogP contribution in [0, 0.1) is 0 Å². The van der Waals surface area contributed by atoms with Gasteiger partial charge in [0.05, 0.1) is 13.2 Å². The van der Waals surface area contributed by atoms with Crippen LogP contribution in [0.2, 0.25) is 0 Å². The van der Waals surface area contributed by atoms with Crippen LogP contribution in [-0.4, -0.2) is 35.3 Å². The van der Waals surface area contributed by atoms with Crippen molar-refractivity contribution in [3.8, 4) is 0 Å². The van der Waals surface area contributed by atoms with Crippen LogP contribution in [0.25, 0.3) is 0 Å². The molecule has 0 saturated heterocycles. The number of carbonyl (C=O) groups is 1. The quantitative estimate of drug-likeness (QED) is 0.648. The maximum atomic E-state index is 10.7. The molecule has 0 aromatic heterocycles. The smallest absolute Gasteiger partial charge is 0.325 e. The van der Waals surface area contributed by atoms with Crippen LogP contribution in [-0.2, 0) is 16.1 Å². The molecule has 2 aliphatic rings. The lowest BCUT2D eigenvalue weighted by molar-refractivity contribution is -0.145. The fourth-order valence-electron chi connectivity index (χ4n) is 3.89. The van der Waals surface area contributed by atoms with Crippen molar-refractivity contribution in [3.05, 3.63) is 35.9 Å². The molecule has 5 nitrogen and oxygen atoms in total. The average Bonchev–Trinajstić information content (AvgIpc) is 2.71. The van der Waals surface area contributed by atoms with Gasteiger partial charge in [0.25, 0.3) is 0 Å². The van der Waals surface area contributed by atoms with Gasteiger partial charge in [0.1, 0.15) is 5.54 Å². The molecule has 0 radical (unpaired) electrons. The van der Waals surface area contributed by atoms with Crippen LogP contribution in [0.15, 0.2) is 30.3 Å². The molecular weight excluding hydrogens is 352 g/mol. The van der Waals surface area contributed by atoms with E-state index in [-0.39, 0.29) is 6.61 Å². The minimum Gasteiger partial charge on any atom is -0.480 e. The van der Waals surface area contributed by atoms with E-state index in [4.69, 9.17) is 15.6 Å². The van der Waals surface area contributed by atoms with Gasteiger partial charge in [-0.2, -0.15) is 0 Å². The summed E-state index contributed by atoms with van der Waals surface area (Å²) in [5, 5.41) is 12.6. The van der Waals surface area contributed by atoms with Crippen molar-refractivity contribution < 1.29 is 14.6 Å². The molecule has 1 aromatic carbocycles. The molecule has 0 bridgehead atoms. The molecular formula is C23H38N2O3. The number of carboxylic acid groups (broad SMARTS) is 1. The Bertz CT molecular complexity index is 534. The van der Waals surface area contributed by atoms with Crippen LogP contribution in [0.1, 0.15) is 76.7 Å². The SMILES string of the molecule is C1CCC(NC2CCCCC2)CC1.C[C@](N)(COCc1ccccc1)C(=O)O. The predicted octanol–water partition coefficient (Wildman–Crippen LogP) is 4.25. The summed E-state index contributed by atoms with van der Waals surface area (Å²) in [6.07, 6.45) is 14.6. The third-order valence-electron chi connectivity index (χ3n) is 5.68. The van der Waals surface area contributed by atoms with E-state index in [0.717, 1.165) is 17.6 Å². The lowest BCUT2D eigenvalue weighted by Crippen LogP contribution is -2.48. The Morgan fingerprint density at radius 1 is 1.04 bits per heavy atom. The molecule has 158 valence electrons. The van der Waals surface area contributed by atoms with E-state index in [1.54, 1.807) is 0 Å². The van der Waals surface area contributed by atoms with Crippen molar-refractivity contribution in [2.45, 2.75) is 95.4 Å². The van der Waals surface area contributed by atoms with Gasteiger partial charge in [-0.05, 0) is 38.2 Å². The first-order valence-corrected chi connectivity index (χ1v) is 10.9. The van der Waals surface area contributed by atoms with E-state index in [1.807, 2.05) is 30.3 Å². The standard InChI is InChI=1S/C12H23N.C11H15NO3/c1-3-7-11(8-4-1)13-12-9-5-2-6-10-12;1-11(12,10(13)14)8-15-7-9-5-3-2-4-6-9/h11-13H,1-10H2;2-6H,7-8,12H2,1H3,(H,13,14)/t;11-/m.0/s1. The van der Waals surface area contributed by atoms with E-state index in [2.05, 4.69) is 5.32 Å². The van der Waals surface area contributed by atoms with Gasteiger partial charge >= 0.3 is 5.97 Å². The number of hydrogen-bond acceptors (Lipinski definition) is 4. The number of benzene rings is 1. The summed E-state index contributed by atoms with van der Waals surface area (Å²) in [5.74, 6) is -1.06. The maximum absolute atomic E-state index is 10.7. The molecule has 1 atom stereocenters. The van der Waals surface area contributed by atoms with E-state index < -0.39 is 11.5 Å². The second-order valence-electron chi connectivity index (χ2n) is 8.54. The first-order valence-electron chi connectivity index (χ1n) is 10.9. The topological polar surface area (TPSA) is 84.6 Å². The van der Waals surface area contributed by atoms with E-state index in [0.29, 0.717) is 6.61 Å². The van der Waals surface area contributed by atoms with Crippen molar-refractivity contribution in [2.24, 2.45) is 5.73 Å². The summed E-state index contributed by atoms with van der Waals surface area (Å²) in [5.41, 5.74) is 5.17. The van der Waals surface area contributed by atoms with Crippen molar-refractivity contribution in [2.75, 3.05) is 6.61 Å². The number of ether oxygens (including phenoxy) is 1. The molecule has 3 rings (SSSR count). The van der Waals surface area contributed by atoms with Gasteiger partial charge in [0, 0.05) is 12.1 Å². The lowest BCUT2D eigenvalue weighted by Gasteiger charge is -2.30. The van der Waals surface area contributed by atoms with Crippen molar-refractivity contribution in [1.82, 2.24) is 5.32 Å². The summed E-state index contributed by atoms with van der Waals surface area (Å²) in [6.45, 7) is 1.80. The van der Waals surface area contributed by atoms with Crippen molar-refractivity contribution in [3.63, 3.8) is 0 Å². The minimum absolute atomic E-state index is 0.00275. The molecule has 0 amide bonds. The fraction of sp³-hybridized carbons (Fsp3) is 0.696. The predicted molar refractivity (Wildman–Crippen MR) is 113 cm³/mol. The minimum atomic E-state index is -1.32. The summed E-state index contributed by atoms with van der Waals surface area (Å²) in [7, 11) is 0. The maximum Gasteiger partial charge on any atom is 0.325 e. The molecule has 2 fully saturated rings. The van der Waals surface area contributed by atoms with Gasteiger partial charge in [0.15, 0.2) is 0 Å². The normalized spacial score (nSPS) is 20.6. The first-order chi connectivity index (χ1) is 13.5. The van der Waals surface area contributed by atoms with Crippen LogP contribution >= 0.6 is 0 Å². The van der Waals surface area contributed by atoms with Gasteiger partial charge < -0.3 is 20.9 Å². The molecule has 0 spiro atoms. The highest BCUT2D eigenvalue weighted by Crippen LogP contribution is 2.22. The third kappa shape index (κ3) is 8.72. The molecule has 4 N–H and O–H groups in total. The largest absolute Gasteiger partial charge is 0.480 e. The molecule has 0 unspecified atom stereocenters. The van der Waals surface area contributed by atoms with E-state index >= 15 is 0 Å². The number of nitrogens with two attached hydrogens (primary N) is 1.